The minimum atomic E-state index is -0.422. The highest BCUT2D eigenvalue weighted by molar-refractivity contribution is 5.92. The molecular formula is C27H32N4O3. The number of nitrogens with zero attached hydrogens (tertiary/aromatic N) is 3. The molecule has 1 fully saturated rings. The van der Waals surface area contributed by atoms with Crippen LogP contribution >= 0.6 is 0 Å². The Balaban J connectivity index is 0.00000160. The van der Waals surface area contributed by atoms with Crippen LogP contribution in [0.3, 0.4) is 0 Å². The third kappa shape index (κ3) is 4.64. The molecule has 0 unspecified atom stereocenters. The van der Waals surface area contributed by atoms with Crippen molar-refractivity contribution in [1.29, 1.82) is 0 Å². The van der Waals surface area contributed by atoms with Gasteiger partial charge in [0.05, 0.1) is 17.1 Å². The number of nitrogens with one attached hydrogen (secondary N) is 1. The van der Waals surface area contributed by atoms with Crippen LogP contribution in [0.2, 0.25) is 0 Å². The monoisotopic (exact) mass is 460 g/mol. The molecule has 2 heterocycles. The number of aryl methyl sites for hydroxylation is 1. The van der Waals surface area contributed by atoms with E-state index in [1.165, 1.54) is 0 Å². The number of fused-ring (bicyclic) bond motifs is 1. The van der Waals surface area contributed by atoms with Gasteiger partial charge in [0.25, 0.3) is 0 Å². The largest absolute Gasteiger partial charge is 0.507 e. The molecule has 1 saturated heterocycles. The van der Waals surface area contributed by atoms with Crippen LogP contribution in [0.25, 0.3) is 22.3 Å². The van der Waals surface area contributed by atoms with Crippen molar-refractivity contribution in [3.8, 4) is 17.1 Å². The summed E-state index contributed by atoms with van der Waals surface area (Å²) in [7, 11) is 0. The van der Waals surface area contributed by atoms with Gasteiger partial charge in [0.1, 0.15) is 18.2 Å². The Morgan fingerprint density at radius 1 is 1.12 bits per heavy atom. The van der Waals surface area contributed by atoms with Crippen LogP contribution < -0.4 is 10.2 Å². The first-order valence-corrected chi connectivity index (χ1v) is 11.4. The molecule has 1 aliphatic heterocycles. The number of amides is 1. The standard InChI is InChI=1S/C27H26N4O3.3H2/c1-18-11-12-21-23(15-18)29-25(22-9-5-6-10-24(22)32)30-26(21)31-14-13-20(16-31)28-27(33)34-17-19-7-3-2-4-8-19;;;/h2-12,15,20,32H,13-14,16-17H2,1H3,(H,28,33);3*1H/t20-;;;/m1.../s1. The summed E-state index contributed by atoms with van der Waals surface area (Å²) in [5.41, 5.74) is 3.46. The zero-order valence-electron chi connectivity index (χ0n) is 18.9. The van der Waals surface area contributed by atoms with Crippen molar-refractivity contribution >= 4 is 22.8 Å². The molecule has 2 N–H and O–H groups in total. The summed E-state index contributed by atoms with van der Waals surface area (Å²) in [6.45, 7) is 3.62. The van der Waals surface area contributed by atoms with Crippen molar-refractivity contribution in [2.45, 2.75) is 26.0 Å². The number of rotatable bonds is 5. The third-order valence-electron chi connectivity index (χ3n) is 6.00. The predicted molar refractivity (Wildman–Crippen MR) is 138 cm³/mol. The quantitative estimate of drug-likeness (QED) is 0.406. The van der Waals surface area contributed by atoms with E-state index >= 15 is 0 Å². The van der Waals surface area contributed by atoms with Gasteiger partial charge in [-0.05, 0) is 48.7 Å². The maximum absolute atomic E-state index is 12.3. The number of aromatic hydroxyl groups is 1. The van der Waals surface area contributed by atoms with Gasteiger partial charge in [-0.2, -0.15) is 0 Å². The minimum Gasteiger partial charge on any atom is -0.507 e. The predicted octanol–water partition coefficient (Wildman–Crippen LogP) is 5.55. The fourth-order valence-corrected chi connectivity index (χ4v) is 4.25. The molecule has 5 rings (SSSR count). The highest BCUT2D eigenvalue weighted by atomic mass is 16.5. The summed E-state index contributed by atoms with van der Waals surface area (Å²) in [6.07, 6.45) is 0.359. The third-order valence-corrected chi connectivity index (χ3v) is 6.00. The number of anilines is 1. The number of carbonyl (C=O) groups is 1. The van der Waals surface area contributed by atoms with Crippen LogP contribution in [0.1, 0.15) is 21.8 Å². The minimum absolute atomic E-state index is 0. The lowest BCUT2D eigenvalue weighted by molar-refractivity contribution is 0.136. The lowest BCUT2D eigenvalue weighted by Crippen LogP contribution is -2.37. The molecule has 1 aliphatic rings. The zero-order valence-corrected chi connectivity index (χ0v) is 18.9. The van der Waals surface area contributed by atoms with Crippen molar-refractivity contribution in [1.82, 2.24) is 15.3 Å². The molecule has 7 heteroatoms. The van der Waals surface area contributed by atoms with Crippen LogP contribution in [0.5, 0.6) is 5.75 Å². The second kappa shape index (κ2) is 9.39. The SMILES string of the molecule is Cc1ccc2c(N3CC[C@@H](NC(=O)OCc4ccccc4)C3)nc(-c3ccccc3O)nc2c1.[HH].[HH].[HH]. The van der Waals surface area contributed by atoms with Crippen LogP contribution in [-0.4, -0.2) is 40.3 Å². The Morgan fingerprint density at radius 3 is 2.74 bits per heavy atom. The number of para-hydroxylation sites is 1. The summed E-state index contributed by atoms with van der Waals surface area (Å²) >= 11 is 0. The van der Waals surface area contributed by atoms with Gasteiger partial charge < -0.3 is 20.1 Å². The van der Waals surface area contributed by atoms with Crippen molar-refractivity contribution in [3.05, 3.63) is 83.9 Å². The smallest absolute Gasteiger partial charge is 0.407 e. The number of hydrogen-bond acceptors (Lipinski definition) is 6. The average Bonchev–Trinajstić information content (AvgIpc) is 3.31. The number of benzene rings is 3. The lowest BCUT2D eigenvalue weighted by atomic mass is 10.1. The molecular weight excluding hydrogens is 428 g/mol. The van der Waals surface area contributed by atoms with Gasteiger partial charge >= 0.3 is 6.09 Å². The van der Waals surface area contributed by atoms with Crippen molar-refractivity contribution < 1.29 is 18.9 Å². The molecule has 0 bridgehead atoms. The molecule has 1 atom stereocenters. The molecule has 0 aliphatic carbocycles. The second-order valence-corrected chi connectivity index (χ2v) is 8.55. The number of ether oxygens (including phenoxy) is 1. The molecule has 4 aromatic rings. The molecule has 3 aromatic carbocycles. The number of carbonyl (C=O) groups excluding carboxylic acids is 1. The molecule has 1 amide bonds. The summed E-state index contributed by atoms with van der Waals surface area (Å²) in [5, 5.41) is 14.3. The zero-order chi connectivity index (χ0) is 23.5. The first-order chi connectivity index (χ1) is 16.6. The van der Waals surface area contributed by atoms with Crippen LogP contribution in [0.15, 0.2) is 72.8 Å². The summed E-state index contributed by atoms with van der Waals surface area (Å²) in [5.74, 6) is 1.41. The summed E-state index contributed by atoms with van der Waals surface area (Å²) in [4.78, 5) is 24.1. The number of aromatic nitrogens is 2. The van der Waals surface area contributed by atoms with Gasteiger partial charge in [-0.25, -0.2) is 14.8 Å². The molecule has 178 valence electrons. The van der Waals surface area contributed by atoms with E-state index in [2.05, 4.69) is 10.2 Å². The number of hydrogen-bond donors (Lipinski definition) is 2. The second-order valence-electron chi connectivity index (χ2n) is 8.55. The number of phenols is 1. The fraction of sp³-hybridized carbons (Fsp3) is 0.222. The van der Waals surface area contributed by atoms with Gasteiger partial charge in [0.15, 0.2) is 5.82 Å². The normalized spacial score (nSPS) is 15.4. The van der Waals surface area contributed by atoms with E-state index in [0.717, 1.165) is 40.8 Å². The van der Waals surface area contributed by atoms with E-state index in [0.29, 0.717) is 17.9 Å². The van der Waals surface area contributed by atoms with Crippen molar-refractivity contribution in [2.75, 3.05) is 18.0 Å². The Morgan fingerprint density at radius 2 is 1.91 bits per heavy atom. The summed E-state index contributed by atoms with van der Waals surface area (Å²) < 4.78 is 5.38. The maximum Gasteiger partial charge on any atom is 0.407 e. The van der Waals surface area contributed by atoms with Gasteiger partial charge in [-0.15, -0.1) is 0 Å². The average molecular weight is 461 g/mol. The van der Waals surface area contributed by atoms with E-state index in [-0.39, 0.29) is 22.7 Å². The van der Waals surface area contributed by atoms with E-state index in [9.17, 15) is 9.90 Å². The van der Waals surface area contributed by atoms with Crippen LogP contribution in [-0.2, 0) is 11.3 Å². The van der Waals surface area contributed by atoms with E-state index in [1.807, 2.05) is 67.6 Å². The molecule has 0 radical (unpaired) electrons. The Bertz CT molecular complexity index is 1340. The van der Waals surface area contributed by atoms with Gasteiger partial charge in [-0.3, -0.25) is 0 Å². The van der Waals surface area contributed by atoms with Gasteiger partial charge in [-0.1, -0.05) is 48.5 Å². The van der Waals surface area contributed by atoms with Gasteiger partial charge in [0.2, 0.25) is 0 Å². The van der Waals surface area contributed by atoms with Crippen LogP contribution in [0, 0.1) is 6.92 Å². The highest BCUT2D eigenvalue weighted by Gasteiger charge is 2.27. The molecule has 7 nitrogen and oxygen atoms in total. The van der Waals surface area contributed by atoms with Crippen LogP contribution in [0.4, 0.5) is 10.6 Å². The fourth-order valence-electron chi connectivity index (χ4n) is 4.25. The number of phenolic OH excluding ortho intramolecular Hbond substituents is 1. The maximum atomic E-state index is 12.3. The molecule has 34 heavy (non-hydrogen) atoms. The Hall–Kier alpha value is -4.13. The van der Waals surface area contributed by atoms with E-state index < -0.39 is 6.09 Å². The van der Waals surface area contributed by atoms with E-state index in [1.54, 1.807) is 12.1 Å². The molecule has 1 aromatic heterocycles. The first-order valence-electron chi connectivity index (χ1n) is 11.4. The first kappa shape index (κ1) is 21.7. The van der Waals surface area contributed by atoms with Crippen molar-refractivity contribution in [3.63, 3.8) is 0 Å². The summed E-state index contributed by atoms with van der Waals surface area (Å²) in [6, 6.07) is 22.7. The topological polar surface area (TPSA) is 87.6 Å². The highest BCUT2D eigenvalue weighted by Crippen LogP contribution is 2.33. The number of alkyl carbamates (subject to hydrolysis) is 1. The Kier molecular flexibility index (Phi) is 5.99. The van der Waals surface area contributed by atoms with Crippen molar-refractivity contribution in [2.24, 2.45) is 0 Å². The Labute approximate surface area is 202 Å². The lowest BCUT2D eigenvalue weighted by Gasteiger charge is -2.21. The molecule has 0 saturated carbocycles. The van der Waals surface area contributed by atoms with E-state index in [4.69, 9.17) is 14.7 Å². The van der Waals surface area contributed by atoms with Gasteiger partial charge in [0, 0.05) is 22.8 Å². The molecule has 0 spiro atoms.